The molecule has 1 heterocycles. The van der Waals surface area contributed by atoms with E-state index >= 15 is 0 Å². The molecule has 2 aliphatic carbocycles. The van der Waals surface area contributed by atoms with E-state index in [1.54, 1.807) is 12.1 Å². The molecule has 25 heavy (non-hydrogen) atoms. The van der Waals surface area contributed by atoms with Crippen molar-refractivity contribution >= 4 is 11.9 Å². The third kappa shape index (κ3) is 2.92. The molecular formula is C19H23FN2O3. The van der Waals surface area contributed by atoms with Crippen molar-refractivity contribution in [1.82, 2.24) is 10.2 Å². The number of nitrogens with one attached hydrogen (secondary N) is 1. The Kier molecular flexibility index (Phi) is 4.02. The van der Waals surface area contributed by atoms with E-state index in [4.69, 9.17) is 0 Å². The van der Waals surface area contributed by atoms with Gasteiger partial charge in [-0.3, -0.25) is 14.5 Å². The number of amides is 1. The van der Waals surface area contributed by atoms with Gasteiger partial charge in [-0.2, -0.15) is 0 Å². The first-order valence-electron chi connectivity index (χ1n) is 9.03. The molecule has 5 nitrogen and oxygen atoms in total. The number of nitrogens with zero attached hydrogens (tertiary/aromatic N) is 1. The quantitative estimate of drug-likeness (QED) is 0.859. The largest absolute Gasteiger partial charge is 0.481 e. The van der Waals surface area contributed by atoms with E-state index in [1.165, 1.54) is 12.1 Å². The highest BCUT2D eigenvalue weighted by molar-refractivity contribution is 5.84. The zero-order chi connectivity index (χ0) is 17.6. The molecule has 1 aromatic rings. The molecule has 3 fully saturated rings. The van der Waals surface area contributed by atoms with Crippen molar-refractivity contribution in [3.8, 4) is 0 Å². The molecule has 2 N–H and O–H groups in total. The van der Waals surface area contributed by atoms with Crippen LogP contribution in [0.3, 0.4) is 0 Å². The van der Waals surface area contributed by atoms with Crippen LogP contribution in [0.25, 0.3) is 0 Å². The number of carbonyl (C=O) groups is 2. The summed E-state index contributed by atoms with van der Waals surface area (Å²) in [6.45, 7) is 0.986. The van der Waals surface area contributed by atoms with E-state index in [1.807, 2.05) is 4.90 Å². The van der Waals surface area contributed by atoms with Gasteiger partial charge in [0.2, 0.25) is 5.91 Å². The van der Waals surface area contributed by atoms with Crippen LogP contribution in [0.15, 0.2) is 24.3 Å². The van der Waals surface area contributed by atoms with Crippen LogP contribution in [-0.2, 0) is 9.59 Å². The summed E-state index contributed by atoms with van der Waals surface area (Å²) in [5.74, 6) is -1.11. The Bertz CT molecular complexity index is 688. The topological polar surface area (TPSA) is 69.6 Å². The average molecular weight is 346 g/mol. The van der Waals surface area contributed by atoms with Crippen LogP contribution in [-0.4, -0.2) is 41.0 Å². The Morgan fingerprint density at radius 3 is 2.56 bits per heavy atom. The third-order valence-corrected chi connectivity index (χ3v) is 6.05. The van der Waals surface area contributed by atoms with E-state index in [2.05, 4.69) is 5.32 Å². The molecule has 1 unspecified atom stereocenters. The van der Waals surface area contributed by atoms with E-state index in [-0.39, 0.29) is 23.7 Å². The minimum Gasteiger partial charge on any atom is -0.481 e. The number of likely N-dealkylation sites (tertiary alicyclic amines) is 1. The highest BCUT2D eigenvalue weighted by Gasteiger charge is 2.56. The van der Waals surface area contributed by atoms with Crippen molar-refractivity contribution < 1.29 is 19.1 Å². The van der Waals surface area contributed by atoms with Gasteiger partial charge in [0.15, 0.2) is 0 Å². The van der Waals surface area contributed by atoms with Crippen molar-refractivity contribution in [2.24, 2.45) is 11.3 Å². The highest BCUT2D eigenvalue weighted by atomic mass is 19.1. The summed E-state index contributed by atoms with van der Waals surface area (Å²) in [7, 11) is 0. The molecule has 1 aromatic carbocycles. The molecule has 6 heteroatoms. The summed E-state index contributed by atoms with van der Waals surface area (Å²) in [4.78, 5) is 26.8. The van der Waals surface area contributed by atoms with E-state index < -0.39 is 17.4 Å². The lowest BCUT2D eigenvalue weighted by Gasteiger charge is -2.29. The van der Waals surface area contributed by atoms with Crippen LogP contribution in [0, 0.1) is 17.2 Å². The molecule has 0 bridgehead atoms. The maximum atomic E-state index is 13.3. The lowest BCUT2D eigenvalue weighted by Crippen LogP contribution is -2.42. The second-order valence-electron chi connectivity index (χ2n) is 7.72. The van der Waals surface area contributed by atoms with Gasteiger partial charge in [0, 0.05) is 19.1 Å². The first-order valence-corrected chi connectivity index (χ1v) is 9.03. The number of fused-ring (bicyclic) bond motifs is 1. The molecule has 4 rings (SSSR count). The van der Waals surface area contributed by atoms with Gasteiger partial charge < -0.3 is 10.4 Å². The van der Waals surface area contributed by atoms with Crippen LogP contribution in [0.1, 0.15) is 43.7 Å². The third-order valence-electron chi connectivity index (χ3n) is 6.05. The molecule has 0 radical (unpaired) electrons. The number of hydrogen-bond acceptors (Lipinski definition) is 3. The SMILES string of the molecule is O=C(NC1CC1)C(c1ccc(F)cc1)N1C[C@@H]2CCC[C@@]2(C(=O)O)C1. The molecule has 0 aromatic heterocycles. The molecule has 1 amide bonds. The van der Waals surface area contributed by atoms with E-state index in [9.17, 15) is 19.1 Å². The van der Waals surface area contributed by atoms with Gasteiger partial charge in [0.25, 0.3) is 0 Å². The maximum Gasteiger partial charge on any atom is 0.311 e. The number of benzene rings is 1. The summed E-state index contributed by atoms with van der Waals surface area (Å²) in [6, 6.07) is 5.66. The van der Waals surface area contributed by atoms with Crippen LogP contribution in [0.4, 0.5) is 4.39 Å². The maximum absolute atomic E-state index is 13.3. The molecule has 2 saturated carbocycles. The first kappa shape index (κ1) is 16.5. The van der Waals surface area contributed by atoms with Crippen LogP contribution in [0.5, 0.6) is 0 Å². The summed E-state index contributed by atoms with van der Waals surface area (Å²) in [5.41, 5.74) is -0.0157. The predicted molar refractivity (Wildman–Crippen MR) is 89.3 cm³/mol. The lowest BCUT2D eigenvalue weighted by molar-refractivity contribution is -0.149. The molecule has 1 saturated heterocycles. The fraction of sp³-hybridized carbons (Fsp3) is 0.579. The molecule has 1 aliphatic heterocycles. The first-order chi connectivity index (χ1) is 12.0. The molecular weight excluding hydrogens is 323 g/mol. The smallest absolute Gasteiger partial charge is 0.311 e. The summed E-state index contributed by atoms with van der Waals surface area (Å²) < 4.78 is 13.3. The number of carboxylic acid groups (broad SMARTS) is 1. The second kappa shape index (κ2) is 6.09. The Labute approximate surface area is 146 Å². The normalized spacial score (nSPS) is 30.0. The Morgan fingerprint density at radius 2 is 1.96 bits per heavy atom. The standard InChI is InChI=1S/C19H23FN2O3/c20-14-5-3-12(4-6-14)16(17(23)21-15-7-8-15)22-10-13-2-1-9-19(13,11-22)18(24)25/h3-6,13,15-16H,1-2,7-11H2,(H,21,23)(H,24,25)/t13-,16?,19+/m0/s1. The fourth-order valence-corrected chi connectivity index (χ4v) is 4.56. The minimum atomic E-state index is -0.752. The number of aliphatic carboxylic acids is 1. The van der Waals surface area contributed by atoms with E-state index in [0.29, 0.717) is 19.5 Å². The fourth-order valence-electron chi connectivity index (χ4n) is 4.56. The van der Waals surface area contributed by atoms with Crippen LogP contribution >= 0.6 is 0 Å². The van der Waals surface area contributed by atoms with E-state index in [0.717, 1.165) is 31.2 Å². The van der Waals surface area contributed by atoms with Gasteiger partial charge in [-0.25, -0.2) is 4.39 Å². The summed E-state index contributed by atoms with van der Waals surface area (Å²) in [5, 5.41) is 12.8. The highest BCUT2D eigenvalue weighted by Crippen LogP contribution is 2.50. The van der Waals surface area contributed by atoms with Gasteiger partial charge in [0.05, 0.1) is 5.41 Å². The van der Waals surface area contributed by atoms with Gasteiger partial charge in [-0.15, -0.1) is 0 Å². The van der Waals surface area contributed by atoms with Crippen LogP contribution in [0.2, 0.25) is 0 Å². The van der Waals surface area contributed by atoms with Crippen molar-refractivity contribution in [3.63, 3.8) is 0 Å². The summed E-state index contributed by atoms with van der Waals surface area (Å²) >= 11 is 0. The zero-order valence-electron chi connectivity index (χ0n) is 14.1. The van der Waals surface area contributed by atoms with Gasteiger partial charge >= 0.3 is 5.97 Å². The summed E-state index contributed by atoms with van der Waals surface area (Å²) in [6.07, 6.45) is 4.47. The lowest BCUT2D eigenvalue weighted by atomic mass is 9.81. The molecule has 0 spiro atoms. The van der Waals surface area contributed by atoms with Crippen molar-refractivity contribution in [2.45, 2.75) is 44.2 Å². The van der Waals surface area contributed by atoms with Gasteiger partial charge in [0.1, 0.15) is 11.9 Å². The van der Waals surface area contributed by atoms with Crippen molar-refractivity contribution in [3.05, 3.63) is 35.6 Å². The molecule has 134 valence electrons. The number of carboxylic acids is 1. The van der Waals surface area contributed by atoms with Crippen molar-refractivity contribution in [2.75, 3.05) is 13.1 Å². The second-order valence-corrected chi connectivity index (χ2v) is 7.72. The Balaban J connectivity index is 1.63. The Hall–Kier alpha value is -1.95. The monoisotopic (exact) mass is 346 g/mol. The number of carbonyl (C=O) groups excluding carboxylic acids is 1. The van der Waals surface area contributed by atoms with Crippen LogP contribution < -0.4 is 5.32 Å². The molecule has 3 aliphatic rings. The Morgan fingerprint density at radius 1 is 1.24 bits per heavy atom. The number of halogens is 1. The number of hydrogen-bond donors (Lipinski definition) is 2. The minimum absolute atomic E-state index is 0.0849. The number of rotatable bonds is 5. The molecule has 3 atom stereocenters. The van der Waals surface area contributed by atoms with Crippen molar-refractivity contribution in [1.29, 1.82) is 0 Å². The average Bonchev–Trinajstić information content (AvgIpc) is 3.16. The van der Waals surface area contributed by atoms with Gasteiger partial charge in [-0.1, -0.05) is 18.6 Å². The zero-order valence-corrected chi connectivity index (χ0v) is 14.1. The predicted octanol–water partition coefficient (Wildman–Crippen LogP) is 2.33. The van der Waals surface area contributed by atoms with Gasteiger partial charge in [-0.05, 0) is 49.3 Å².